The van der Waals surface area contributed by atoms with Crippen LogP contribution in [-0.2, 0) is 4.79 Å². The molecule has 2 N–H and O–H groups in total. The van der Waals surface area contributed by atoms with Crippen molar-refractivity contribution < 1.29 is 4.79 Å². The molecule has 2 rings (SSSR count). The summed E-state index contributed by atoms with van der Waals surface area (Å²) in [6, 6.07) is 14.3. The zero-order chi connectivity index (χ0) is 14.6. The Labute approximate surface area is 120 Å². The van der Waals surface area contributed by atoms with Crippen LogP contribution in [-0.4, -0.2) is 18.0 Å². The minimum Gasteiger partial charge on any atom is -0.376 e. The number of benzene rings is 2. The smallest absolute Gasteiger partial charge is 0.239 e. The summed E-state index contributed by atoms with van der Waals surface area (Å²) in [5.41, 5.74) is 0.815. The lowest BCUT2D eigenvalue weighted by Gasteiger charge is -2.24. The van der Waals surface area contributed by atoms with Gasteiger partial charge in [-0.15, -0.1) is 0 Å². The van der Waals surface area contributed by atoms with Crippen molar-refractivity contribution in [1.82, 2.24) is 5.32 Å². The molecule has 0 bridgehead atoms. The van der Waals surface area contributed by atoms with Gasteiger partial charge in [0.2, 0.25) is 5.91 Å². The van der Waals surface area contributed by atoms with Crippen LogP contribution < -0.4 is 10.6 Å². The van der Waals surface area contributed by atoms with Gasteiger partial charge in [0.25, 0.3) is 0 Å². The maximum atomic E-state index is 11.9. The highest BCUT2D eigenvalue weighted by Gasteiger charge is 2.17. The van der Waals surface area contributed by atoms with Crippen molar-refractivity contribution >= 4 is 22.4 Å². The normalized spacial score (nSPS) is 11.3. The monoisotopic (exact) mass is 270 g/mol. The van der Waals surface area contributed by atoms with Crippen LogP contribution in [0.15, 0.2) is 42.5 Å². The molecule has 2 aromatic rings. The molecule has 3 nitrogen and oxygen atoms in total. The second kappa shape index (κ2) is 5.95. The van der Waals surface area contributed by atoms with Crippen LogP contribution in [0.4, 0.5) is 5.69 Å². The molecular weight excluding hydrogens is 248 g/mol. The molecule has 0 spiro atoms. The maximum absolute atomic E-state index is 11.9. The van der Waals surface area contributed by atoms with Gasteiger partial charge in [0.05, 0.1) is 6.54 Å². The van der Waals surface area contributed by atoms with Gasteiger partial charge < -0.3 is 10.6 Å². The van der Waals surface area contributed by atoms with E-state index in [1.165, 1.54) is 10.8 Å². The summed E-state index contributed by atoms with van der Waals surface area (Å²) in [5.74, 6) is 0.0185. The number of hydrogen-bond donors (Lipinski definition) is 2. The number of amides is 1. The molecule has 0 saturated heterocycles. The topological polar surface area (TPSA) is 41.1 Å². The van der Waals surface area contributed by atoms with Gasteiger partial charge in [-0.1, -0.05) is 37.3 Å². The minimum atomic E-state index is -0.151. The van der Waals surface area contributed by atoms with E-state index in [2.05, 4.69) is 41.8 Å². The van der Waals surface area contributed by atoms with Crippen molar-refractivity contribution in [2.45, 2.75) is 32.7 Å². The number of nitrogens with one attached hydrogen (secondary N) is 2. The van der Waals surface area contributed by atoms with E-state index in [4.69, 9.17) is 0 Å². The first-order chi connectivity index (χ1) is 9.50. The molecule has 1 amide bonds. The molecule has 20 heavy (non-hydrogen) atoms. The van der Waals surface area contributed by atoms with Gasteiger partial charge in [-0.3, -0.25) is 4.79 Å². The van der Waals surface area contributed by atoms with Crippen LogP contribution in [0, 0.1) is 0 Å². The molecule has 0 heterocycles. The molecule has 2 aromatic carbocycles. The van der Waals surface area contributed by atoms with E-state index in [-0.39, 0.29) is 11.4 Å². The van der Waals surface area contributed by atoms with Gasteiger partial charge >= 0.3 is 0 Å². The predicted molar refractivity (Wildman–Crippen MR) is 85.0 cm³/mol. The Balaban J connectivity index is 1.97. The third kappa shape index (κ3) is 3.73. The molecule has 0 atom stereocenters. The van der Waals surface area contributed by atoms with Crippen LogP contribution in [0.3, 0.4) is 0 Å². The lowest BCUT2D eigenvalue weighted by Crippen LogP contribution is -2.45. The summed E-state index contributed by atoms with van der Waals surface area (Å²) < 4.78 is 0. The molecule has 0 aliphatic carbocycles. The summed E-state index contributed by atoms with van der Waals surface area (Å²) in [6.07, 6.45) is 0.911. The molecular formula is C17H22N2O. The summed E-state index contributed by atoms with van der Waals surface area (Å²) in [6.45, 7) is 6.42. The highest BCUT2D eigenvalue weighted by atomic mass is 16.2. The van der Waals surface area contributed by atoms with Crippen molar-refractivity contribution in [3.05, 3.63) is 42.5 Å². The number of fused-ring (bicyclic) bond motifs is 1. The predicted octanol–water partition coefficient (Wildman–Crippen LogP) is 3.56. The summed E-state index contributed by atoms with van der Waals surface area (Å²) in [5, 5.41) is 8.56. The van der Waals surface area contributed by atoms with Gasteiger partial charge in [0, 0.05) is 11.2 Å². The standard InChI is InChI=1S/C17H22N2O/c1-4-17(2,3)19-16(20)12-18-15-10-9-13-7-5-6-8-14(13)11-15/h5-11,18H,4,12H2,1-3H3,(H,19,20). The third-order valence-corrected chi connectivity index (χ3v) is 3.56. The fraction of sp³-hybridized carbons (Fsp3) is 0.353. The third-order valence-electron chi connectivity index (χ3n) is 3.56. The number of hydrogen-bond acceptors (Lipinski definition) is 2. The number of carbonyl (C=O) groups excluding carboxylic acids is 1. The van der Waals surface area contributed by atoms with Gasteiger partial charge in [0.1, 0.15) is 0 Å². The highest BCUT2D eigenvalue weighted by Crippen LogP contribution is 2.18. The van der Waals surface area contributed by atoms with Crippen LogP contribution in [0.1, 0.15) is 27.2 Å². The number of rotatable bonds is 5. The zero-order valence-corrected chi connectivity index (χ0v) is 12.4. The van der Waals surface area contributed by atoms with E-state index in [1.54, 1.807) is 0 Å². The largest absolute Gasteiger partial charge is 0.376 e. The van der Waals surface area contributed by atoms with Gasteiger partial charge in [-0.2, -0.15) is 0 Å². The summed E-state index contributed by atoms with van der Waals surface area (Å²) >= 11 is 0. The van der Waals surface area contributed by atoms with Crippen molar-refractivity contribution in [2.75, 3.05) is 11.9 Å². The molecule has 0 aliphatic rings. The first-order valence-corrected chi connectivity index (χ1v) is 7.04. The fourth-order valence-electron chi connectivity index (χ4n) is 1.99. The Morgan fingerprint density at radius 3 is 2.50 bits per heavy atom. The van der Waals surface area contributed by atoms with Crippen molar-refractivity contribution in [2.24, 2.45) is 0 Å². The molecule has 0 unspecified atom stereocenters. The second-order valence-electron chi connectivity index (χ2n) is 5.70. The van der Waals surface area contributed by atoms with E-state index in [0.29, 0.717) is 6.54 Å². The molecule has 106 valence electrons. The van der Waals surface area contributed by atoms with Crippen molar-refractivity contribution in [3.63, 3.8) is 0 Å². The van der Waals surface area contributed by atoms with Gasteiger partial charge in [-0.25, -0.2) is 0 Å². The van der Waals surface area contributed by atoms with Crippen LogP contribution in [0.5, 0.6) is 0 Å². The average Bonchev–Trinajstić information content (AvgIpc) is 2.44. The first-order valence-electron chi connectivity index (χ1n) is 7.04. The molecule has 0 aromatic heterocycles. The highest BCUT2D eigenvalue weighted by molar-refractivity contribution is 5.87. The summed E-state index contributed by atoms with van der Waals surface area (Å²) in [7, 11) is 0. The average molecular weight is 270 g/mol. The molecule has 0 fully saturated rings. The quantitative estimate of drug-likeness (QED) is 0.872. The van der Waals surface area contributed by atoms with Gasteiger partial charge in [0.15, 0.2) is 0 Å². The van der Waals surface area contributed by atoms with Crippen LogP contribution >= 0.6 is 0 Å². The zero-order valence-electron chi connectivity index (χ0n) is 12.4. The Kier molecular flexibility index (Phi) is 4.28. The van der Waals surface area contributed by atoms with Gasteiger partial charge in [-0.05, 0) is 43.2 Å². The Hall–Kier alpha value is -2.03. The fourth-order valence-corrected chi connectivity index (χ4v) is 1.99. The SMILES string of the molecule is CCC(C)(C)NC(=O)CNc1ccc2ccccc2c1. The van der Waals surface area contributed by atoms with E-state index in [0.717, 1.165) is 12.1 Å². The maximum Gasteiger partial charge on any atom is 0.239 e. The number of carbonyl (C=O) groups is 1. The van der Waals surface area contributed by atoms with Crippen molar-refractivity contribution in [1.29, 1.82) is 0 Å². The summed E-state index contributed by atoms with van der Waals surface area (Å²) in [4.78, 5) is 11.9. The second-order valence-corrected chi connectivity index (χ2v) is 5.70. The number of anilines is 1. The molecule has 3 heteroatoms. The van der Waals surface area contributed by atoms with E-state index < -0.39 is 0 Å². The van der Waals surface area contributed by atoms with E-state index in [1.807, 2.05) is 32.0 Å². The lowest BCUT2D eigenvalue weighted by molar-refractivity contribution is -0.121. The molecule has 0 radical (unpaired) electrons. The van der Waals surface area contributed by atoms with E-state index >= 15 is 0 Å². The van der Waals surface area contributed by atoms with Crippen LogP contribution in [0.25, 0.3) is 10.8 Å². The van der Waals surface area contributed by atoms with Crippen molar-refractivity contribution in [3.8, 4) is 0 Å². The van der Waals surface area contributed by atoms with Crippen LogP contribution in [0.2, 0.25) is 0 Å². The molecule has 0 aliphatic heterocycles. The lowest BCUT2D eigenvalue weighted by atomic mass is 10.0. The first kappa shape index (κ1) is 14.4. The Bertz CT molecular complexity index is 605. The minimum absolute atomic E-state index is 0.0185. The molecule has 0 saturated carbocycles. The van der Waals surface area contributed by atoms with E-state index in [9.17, 15) is 4.79 Å². The Morgan fingerprint density at radius 1 is 1.10 bits per heavy atom. The Morgan fingerprint density at radius 2 is 1.80 bits per heavy atom.